The van der Waals surface area contributed by atoms with Crippen molar-refractivity contribution in [2.75, 3.05) is 16.8 Å². The van der Waals surface area contributed by atoms with Gasteiger partial charge in [0.2, 0.25) is 11.8 Å². The molecule has 23 heavy (non-hydrogen) atoms. The van der Waals surface area contributed by atoms with Gasteiger partial charge in [-0.2, -0.15) is 0 Å². The minimum atomic E-state index is -1.28. The van der Waals surface area contributed by atoms with Crippen LogP contribution in [-0.4, -0.2) is 24.1 Å². The summed E-state index contributed by atoms with van der Waals surface area (Å²) in [4.78, 5) is 38.2. The summed E-state index contributed by atoms with van der Waals surface area (Å²) in [5.74, 6) is -2.73. The van der Waals surface area contributed by atoms with Crippen LogP contribution >= 0.6 is 0 Å². The average molecular weight is 308 g/mol. The number of carbonyl (C=O) groups excluding carboxylic acids is 3. The van der Waals surface area contributed by atoms with Crippen molar-refractivity contribution in [1.29, 1.82) is 0 Å². The van der Waals surface area contributed by atoms with E-state index in [0.29, 0.717) is 11.4 Å². The Labute approximate surface area is 133 Å². The first kappa shape index (κ1) is 15.0. The van der Waals surface area contributed by atoms with Gasteiger partial charge in [0.25, 0.3) is 0 Å². The predicted octanol–water partition coefficient (Wildman–Crippen LogP) is 2.17. The summed E-state index contributed by atoms with van der Waals surface area (Å²) in [5.41, 5.74) is 2.25. The number of nitrogens with one attached hydrogen (secondary N) is 1. The van der Waals surface area contributed by atoms with Gasteiger partial charge < -0.3 is 10.2 Å². The molecule has 0 bridgehead atoms. The third-order valence-corrected chi connectivity index (χ3v) is 3.80. The Bertz CT molecular complexity index is 754. The number of anilines is 2. The van der Waals surface area contributed by atoms with Gasteiger partial charge in [0.05, 0.1) is 6.54 Å². The molecule has 2 amide bonds. The molecular weight excluding hydrogens is 292 g/mol. The van der Waals surface area contributed by atoms with Crippen molar-refractivity contribution in [3.8, 4) is 0 Å². The van der Waals surface area contributed by atoms with Crippen molar-refractivity contribution in [3.05, 3.63) is 60.2 Å². The molecule has 0 saturated carbocycles. The quantitative estimate of drug-likeness (QED) is 0.884. The number of aryl methyl sites for hydroxylation is 1. The highest BCUT2D eigenvalue weighted by Gasteiger charge is 2.44. The number of hydrogen-bond donors (Lipinski definition) is 1. The summed E-state index contributed by atoms with van der Waals surface area (Å²) in [6, 6.07) is 16.1. The first-order valence-electron chi connectivity index (χ1n) is 7.33. The van der Waals surface area contributed by atoms with E-state index in [2.05, 4.69) is 5.32 Å². The number of carbonyl (C=O) groups is 3. The van der Waals surface area contributed by atoms with Crippen molar-refractivity contribution < 1.29 is 14.4 Å². The lowest BCUT2D eigenvalue weighted by molar-refractivity contribution is -0.134. The first-order valence-corrected chi connectivity index (χ1v) is 7.33. The summed E-state index contributed by atoms with van der Waals surface area (Å²) >= 11 is 0. The maximum atomic E-state index is 12.4. The summed E-state index contributed by atoms with van der Waals surface area (Å²) in [6.07, 6.45) is 0. The van der Waals surface area contributed by atoms with Crippen LogP contribution in [0.2, 0.25) is 0 Å². The maximum absolute atomic E-state index is 12.4. The molecule has 5 heteroatoms. The Morgan fingerprint density at radius 3 is 2.35 bits per heavy atom. The lowest BCUT2D eigenvalue weighted by atomic mass is 10.1. The third kappa shape index (κ3) is 2.99. The molecule has 2 aromatic rings. The smallest absolute Gasteiger partial charge is 0.247 e. The largest absolute Gasteiger partial charge is 0.325 e. The lowest BCUT2D eigenvalue weighted by Crippen LogP contribution is -2.34. The number of ketones is 1. The number of rotatable bonds is 3. The molecule has 5 nitrogen and oxygen atoms in total. The molecule has 1 atom stereocenters. The molecule has 1 saturated heterocycles. The molecule has 1 N–H and O–H groups in total. The van der Waals surface area contributed by atoms with Crippen molar-refractivity contribution in [1.82, 2.24) is 0 Å². The minimum Gasteiger partial charge on any atom is -0.325 e. The standard InChI is InChI=1S/C18H16N2O3/c1-12-7-9-13(10-8-12)19-17(22)16-15(21)11-20(18(16)23)14-5-3-2-4-6-14/h2-10,16H,11H2,1H3,(H,19,22)/t16-/m0/s1. The van der Waals surface area contributed by atoms with Crippen molar-refractivity contribution >= 4 is 29.0 Å². The normalized spacial score (nSPS) is 17.4. The van der Waals surface area contributed by atoms with E-state index in [0.717, 1.165) is 5.56 Å². The minimum absolute atomic E-state index is 0.0746. The monoisotopic (exact) mass is 308 g/mol. The van der Waals surface area contributed by atoms with Gasteiger partial charge in [-0.05, 0) is 31.2 Å². The summed E-state index contributed by atoms with van der Waals surface area (Å²) in [6.45, 7) is 1.86. The number of nitrogens with zero attached hydrogens (tertiary/aromatic N) is 1. The van der Waals surface area contributed by atoms with Gasteiger partial charge in [-0.15, -0.1) is 0 Å². The van der Waals surface area contributed by atoms with E-state index in [1.807, 2.05) is 25.1 Å². The van der Waals surface area contributed by atoms with Gasteiger partial charge >= 0.3 is 0 Å². The summed E-state index contributed by atoms with van der Waals surface area (Å²) < 4.78 is 0. The molecule has 116 valence electrons. The Morgan fingerprint density at radius 1 is 1.04 bits per heavy atom. The fraction of sp³-hybridized carbons (Fsp3) is 0.167. The van der Waals surface area contributed by atoms with E-state index in [-0.39, 0.29) is 12.3 Å². The zero-order valence-corrected chi connectivity index (χ0v) is 12.7. The molecule has 1 aliphatic heterocycles. The molecule has 3 rings (SSSR count). The van der Waals surface area contributed by atoms with Crippen LogP contribution in [0, 0.1) is 12.8 Å². The molecule has 1 heterocycles. The molecule has 0 unspecified atom stereocenters. The van der Waals surface area contributed by atoms with Crippen LogP contribution in [0.3, 0.4) is 0 Å². The van der Waals surface area contributed by atoms with Gasteiger partial charge in [0, 0.05) is 11.4 Å². The van der Waals surface area contributed by atoms with Crippen molar-refractivity contribution in [2.45, 2.75) is 6.92 Å². The second kappa shape index (κ2) is 6.04. The predicted molar refractivity (Wildman–Crippen MR) is 87.1 cm³/mol. The Morgan fingerprint density at radius 2 is 1.70 bits per heavy atom. The lowest BCUT2D eigenvalue weighted by Gasteiger charge is -2.15. The first-order chi connectivity index (χ1) is 11.1. The van der Waals surface area contributed by atoms with Gasteiger partial charge in [0.15, 0.2) is 11.7 Å². The van der Waals surface area contributed by atoms with Crippen molar-refractivity contribution in [2.24, 2.45) is 5.92 Å². The van der Waals surface area contributed by atoms with Crippen LogP contribution < -0.4 is 10.2 Å². The number of para-hydroxylation sites is 1. The van der Waals surface area contributed by atoms with E-state index < -0.39 is 17.7 Å². The zero-order chi connectivity index (χ0) is 16.4. The van der Waals surface area contributed by atoms with Gasteiger partial charge in [-0.1, -0.05) is 35.9 Å². The Kier molecular flexibility index (Phi) is 3.93. The van der Waals surface area contributed by atoms with E-state index >= 15 is 0 Å². The topological polar surface area (TPSA) is 66.5 Å². The molecule has 0 aromatic heterocycles. The van der Waals surface area contributed by atoms with E-state index in [4.69, 9.17) is 0 Å². The average Bonchev–Trinajstić information content (AvgIpc) is 2.85. The van der Waals surface area contributed by atoms with Crippen LogP contribution in [0.1, 0.15) is 5.56 Å². The van der Waals surface area contributed by atoms with Gasteiger partial charge in [0.1, 0.15) is 0 Å². The number of amides is 2. The number of Topliss-reactive ketones (excluding diaryl/α,β-unsaturated/α-hetero) is 1. The van der Waals surface area contributed by atoms with Crippen LogP contribution in [0.15, 0.2) is 54.6 Å². The third-order valence-electron chi connectivity index (χ3n) is 3.80. The van der Waals surface area contributed by atoms with Gasteiger partial charge in [-0.25, -0.2) is 0 Å². The second-order valence-electron chi connectivity index (χ2n) is 5.51. The van der Waals surface area contributed by atoms with Crippen molar-refractivity contribution in [3.63, 3.8) is 0 Å². The molecule has 0 radical (unpaired) electrons. The van der Waals surface area contributed by atoms with E-state index in [1.165, 1.54) is 4.90 Å². The fourth-order valence-corrected chi connectivity index (χ4v) is 2.55. The zero-order valence-electron chi connectivity index (χ0n) is 12.7. The Hall–Kier alpha value is -2.95. The van der Waals surface area contributed by atoms with Gasteiger partial charge in [-0.3, -0.25) is 14.4 Å². The molecule has 0 aliphatic carbocycles. The highest BCUT2D eigenvalue weighted by atomic mass is 16.2. The number of benzene rings is 2. The van der Waals surface area contributed by atoms with Crippen LogP contribution in [-0.2, 0) is 14.4 Å². The maximum Gasteiger partial charge on any atom is 0.247 e. The second-order valence-corrected chi connectivity index (χ2v) is 5.51. The SMILES string of the molecule is Cc1ccc(NC(=O)[C@@H]2C(=O)CN(c3ccccc3)C2=O)cc1. The fourth-order valence-electron chi connectivity index (χ4n) is 2.55. The highest BCUT2D eigenvalue weighted by molar-refractivity contribution is 6.30. The van der Waals surface area contributed by atoms with Crippen LogP contribution in [0.4, 0.5) is 11.4 Å². The molecule has 2 aromatic carbocycles. The summed E-state index contributed by atoms with van der Waals surface area (Å²) in [7, 11) is 0. The number of hydrogen-bond acceptors (Lipinski definition) is 3. The van der Waals surface area contributed by atoms with E-state index in [9.17, 15) is 14.4 Å². The highest BCUT2D eigenvalue weighted by Crippen LogP contribution is 2.24. The Balaban J connectivity index is 1.77. The molecule has 1 fully saturated rings. The van der Waals surface area contributed by atoms with E-state index in [1.54, 1.807) is 36.4 Å². The summed E-state index contributed by atoms with van der Waals surface area (Å²) in [5, 5.41) is 2.64. The molecule has 0 spiro atoms. The molecule has 1 aliphatic rings. The molecular formula is C18H16N2O3. The van der Waals surface area contributed by atoms with Crippen LogP contribution in [0.25, 0.3) is 0 Å². The van der Waals surface area contributed by atoms with Crippen LogP contribution in [0.5, 0.6) is 0 Å².